The van der Waals surface area contributed by atoms with E-state index in [9.17, 15) is 9.18 Å². The molecule has 0 unspecified atom stereocenters. The molecule has 5 nitrogen and oxygen atoms in total. The van der Waals surface area contributed by atoms with Crippen molar-refractivity contribution in [1.82, 2.24) is 9.80 Å². The highest BCUT2D eigenvalue weighted by atomic mass is 19.1. The summed E-state index contributed by atoms with van der Waals surface area (Å²) >= 11 is 0. The van der Waals surface area contributed by atoms with E-state index in [0.29, 0.717) is 31.2 Å². The first kappa shape index (κ1) is 32.3. The van der Waals surface area contributed by atoms with Gasteiger partial charge in [0.1, 0.15) is 18.2 Å². The summed E-state index contributed by atoms with van der Waals surface area (Å²) in [5, 5.41) is 0. The second kappa shape index (κ2) is 14.0. The summed E-state index contributed by atoms with van der Waals surface area (Å²) in [5.41, 5.74) is 3.91. The summed E-state index contributed by atoms with van der Waals surface area (Å²) in [6.45, 7) is 1.93. The van der Waals surface area contributed by atoms with Crippen molar-refractivity contribution in [2.75, 3.05) is 39.5 Å². The molecule has 3 aromatic carbocycles. The zero-order chi connectivity index (χ0) is 32.3. The van der Waals surface area contributed by atoms with Crippen molar-refractivity contribution in [2.45, 2.75) is 63.4 Å². The van der Waals surface area contributed by atoms with Gasteiger partial charge in [0.2, 0.25) is 0 Å². The number of amides is 1. The molecule has 2 atom stereocenters. The maximum atomic E-state index is 16.1. The van der Waals surface area contributed by atoms with E-state index >= 15 is 13.2 Å². The third-order valence-corrected chi connectivity index (χ3v) is 9.36. The molecule has 244 valence electrons. The van der Waals surface area contributed by atoms with Gasteiger partial charge in [-0.3, -0.25) is 9.29 Å². The maximum absolute atomic E-state index is 16.1. The largest absolute Gasteiger partial charge is 0.445 e. The molecule has 0 saturated carbocycles. The number of carbonyl (C=O) groups excluding carboxylic acids is 1. The topological polar surface area (TPSA) is 42.0 Å². The van der Waals surface area contributed by atoms with Crippen LogP contribution in [-0.4, -0.2) is 67.1 Å². The number of rotatable bonds is 12. The molecule has 9 heteroatoms. The molecule has 6 rings (SSSR count). The number of carbonyl (C=O) groups is 1. The maximum Gasteiger partial charge on any atom is 0.410 e. The number of nitrogens with zero attached hydrogens (tertiary/aromatic N) is 2. The third kappa shape index (κ3) is 6.86. The highest BCUT2D eigenvalue weighted by molar-refractivity contribution is 5.79. The van der Waals surface area contributed by atoms with Gasteiger partial charge < -0.3 is 14.4 Å². The van der Waals surface area contributed by atoms with Gasteiger partial charge in [0, 0.05) is 31.2 Å². The van der Waals surface area contributed by atoms with Crippen LogP contribution in [0.5, 0.6) is 0 Å². The lowest BCUT2D eigenvalue weighted by Crippen LogP contribution is -2.57. The first-order valence-electron chi connectivity index (χ1n) is 16.1. The van der Waals surface area contributed by atoms with E-state index in [0.717, 1.165) is 27.8 Å². The average Bonchev–Trinajstić information content (AvgIpc) is 3.40. The van der Waals surface area contributed by atoms with Crippen LogP contribution in [0.1, 0.15) is 60.0 Å². The van der Waals surface area contributed by atoms with Gasteiger partial charge in [-0.1, -0.05) is 54.6 Å². The number of aryl methyl sites for hydroxylation is 1. The number of ether oxygens (including phenoxy) is 2. The lowest BCUT2D eigenvalue weighted by atomic mass is 9.83. The molecule has 1 saturated heterocycles. The summed E-state index contributed by atoms with van der Waals surface area (Å²) in [7, 11) is 0. The van der Waals surface area contributed by atoms with Crippen molar-refractivity contribution in [3.05, 3.63) is 112 Å². The molecule has 0 aromatic heterocycles. The van der Waals surface area contributed by atoms with E-state index in [1.54, 1.807) is 0 Å². The molecule has 46 heavy (non-hydrogen) atoms. The number of benzene rings is 3. The van der Waals surface area contributed by atoms with Crippen molar-refractivity contribution >= 4 is 11.7 Å². The van der Waals surface area contributed by atoms with E-state index in [-0.39, 0.29) is 57.5 Å². The van der Waals surface area contributed by atoms with Gasteiger partial charge in [0.15, 0.2) is 5.67 Å². The Balaban J connectivity index is 1.19. The SMILES string of the molecule is C[C@@H]1CC2=C(Cc3ccccc32)[C@@H](c2c(F)cc(CCCN(CCCF)C(=O)OCc3ccccc3)cc2F)N1CC1(F)COC1. The lowest BCUT2D eigenvalue weighted by molar-refractivity contribution is -0.147. The summed E-state index contributed by atoms with van der Waals surface area (Å²) in [6.07, 6.45) is 1.57. The summed E-state index contributed by atoms with van der Waals surface area (Å²) in [5.74, 6) is -1.34. The minimum absolute atomic E-state index is 0.0267. The predicted molar refractivity (Wildman–Crippen MR) is 169 cm³/mol. The predicted octanol–water partition coefficient (Wildman–Crippen LogP) is 7.78. The number of alkyl halides is 2. The molecule has 3 aromatic rings. The van der Waals surface area contributed by atoms with Crippen molar-refractivity contribution in [1.29, 1.82) is 0 Å². The van der Waals surface area contributed by atoms with E-state index in [2.05, 4.69) is 6.07 Å². The quantitative estimate of drug-likeness (QED) is 0.191. The fourth-order valence-corrected chi connectivity index (χ4v) is 7.02. The highest BCUT2D eigenvalue weighted by Gasteiger charge is 2.47. The minimum Gasteiger partial charge on any atom is -0.445 e. The number of hydrogen-bond acceptors (Lipinski definition) is 4. The molecule has 0 N–H and O–H groups in total. The van der Waals surface area contributed by atoms with Crippen LogP contribution in [0.4, 0.5) is 22.4 Å². The molecule has 0 bridgehead atoms. The van der Waals surface area contributed by atoms with Crippen LogP contribution >= 0.6 is 0 Å². The van der Waals surface area contributed by atoms with Gasteiger partial charge in [-0.15, -0.1) is 0 Å². The smallest absolute Gasteiger partial charge is 0.410 e. The summed E-state index contributed by atoms with van der Waals surface area (Å²) in [4.78, 5) is 16.1. The Morgan fingerprint density at radius 1 is 1.00 bits per heavy atom. The van der Waals surface area contributed by atoms with Crippen LogP contribution in [0.25, 0.3) is 5.57 Å². The molecule has 1 aliphatic carbocycles. The Morgan fingerprint density at radius 2 is 1.70 bits per heavy atom. The fraction of sp³-hybridized carbons (Fsp3) is 0.432. The molecule has 2 heterocycles. The molecule has 0 spiro atoms. The van der Waals surface area contributed by atoms with Crippen molar-refractivity contribution in [3.63, 3.8) is 0 Å². The Bertz CT molecular complexity index is 1550. The molecular formula is C37H40F4N2O3. The van der Waals surface area contributed by atoms with Crippen LogP contribution in [0.3, 0.4) is 0 Å². The van der Waals surface area contributed by atoms with Crippen molar-refractivity contribution in [3.8, 4) is 0 Å². The second-order valence-electron chi connectivity index (χ2n) is 12.8. The van der Waals surface area contributed by atoms with Gasteiger partial charge in [-0.25, -0.2) is 18.0 Å². The molecule has 0 radical (unpaired) electrons. The van der Waals surface area contributed by atoms with Crippen LogP contribution in [-0.2, 0) is 28.9 Å². The van der Waals surface area contributed by atoms with Gasteiger partial charge in [0.25, 0.3) is 0 Å². The first-order chi connectivity index (χ1) is 22.3. The molecular weight excluding hydrogens is 596 g/mol. The molecule has 3 aliphatic rings. The summed E-state index contributed by atoms with van der Waals surface area (Å²) < 4.78 is 71.3. The number of hydrogen-bond donors (Lipinski definition) is 0. The minimum atomic E-state index is -1.56. The Labute approximate surface area is 267 Å². The standard InChI is InChI=1S/C37H40F4N2O3/c1-25-17-30-29-13-6-5-12-28(29)20-31(30)35(43(25)22-37(41)23-45-24-37)34-32(39)18-27(19-33(34)40)11-7-15-42(16-8-14-38)36(44)46-21-26-9-3-2-4-10-26/h2-6,9-10,12-13,18-19,25,35H,7-8,11,14-17,20-24H2,1H3/t25-,35+/m1/s1. The molecule has 1 fully saturated rings. The van der Waals surface area contributed by atoms with Gasteiger partial charge in [0.05, 0.1) is 25.9 Å². The van der Waals surface area contributed by atoms with Crippen LogP contribution in [0.2, 0.25) is 0 Å². The summed E-state index contributed by atoms with van der Waals surface area (Å²) in [6, 6.07) is 19.1. The average molecular weight is 637 g/mol. The van der Waals surface area contributed by atoms with Crippen LogP contribution in [0.15, 0.2) is 72.3 Å². The van der Waals surface area contributed by atoms with Gasteiger partial charge in [-0.05, 0) is 84.6 Å². The van der Waals surface area contributed by atoms with E-state index in [4.69, 9.17) is 9.47 Å². The molecule has 1 amide bonds. The van der Waals surface area contributed by atoms with Crippen LogP contribution in [0, 0.1) is 11.6 Å². The Hall–Kier alpha value is -3.69. The molecule has 2 aliphatic heterocycles. The zero-order valence-electron chi connectivity index (χ0n) is 26.1. The van der Waals surface area contributed by atoms with Crippen molar-refractivity contribution in [2.24, 2.45) is 0 Å². The van der Waals surface area contributed by atoms with E-state index < -0.39 is 36.1 Å². The van der Waals surface area contributed by atoms with Crippen LogP contribution < -0.4 is 0 Å². The first-order valence-corrected chi connectivity index (χ1v) is 16.1. The monoisotopic (exact) mass is 636 g/mol. The highest BCUT2D eigenvalue weighted by Crippen LogP contribution is 2.50. The van der Waals surface area contributed by atoms with Gasteiger partial charge >= 0.3 is 6.09 Å². The van der Waals surface area contributed by atoms with E-state index in [1.807, 2.05) is 60.4 Å². The number of halogens is 4. The zero-order valence-corrected chi connectivity index (χ0v) is 26.1. The second-order valence-corrected chi connectivity index (χ2v) is 12.8. The Morgan fingerprint density at radius 3 is 2.39 bits per heavy atom. The number of fused-ring (bicyclic) bond motifs is 2. The normalized spacial score (nSPS) is 20.2. The third-order valence-electron chi connectivity index (χ3n) is 9.36. The fourth-order valence-electron chi connectivity index (χ4n) is 7.02. The Kier molecular flexibility index (Phi) is 9.80. The van der Waals surface area contributed by atoms with Gasteiger partial charge in [-0.2, -0.15) is 0 Å². The van der Waals surface area contributed by atoms with E-state index in [1.165, 1.54) is 17.0 Å². The van der Waals surface area contributed by atoms with Crippen molar-refractivity contribution < 1.29 is 31.8 Å². The lowest BCUT2D eigenvalue weighted by Gasteiger charge is -2.47.